The van der Waals surface area contributed by atoms with E-state index in [-0.39, 0.29) is 31.6 Å². The zero-order chi connectivity index (χ0) is 21.3. The van der Waals surface area contributed by atoms with Gasteiger partial charge in [-0.25, -0.2) is 9.18 Å². The van der Waals surface area contributed by atoms with Crippen LogP contribution in [-0.4, -0.2) is 55.9 Å². The summed E-state index contributed by atoms with van der Waals surface area (Å²) in [6.07, 6.45) is -2.14. The van der Waals surface area contributed by atoms with Crippen molar-refractivity contribution in [2.75, 3.05) is 20.3 Å². The van der Waals surface area contributed by atoms with E-state index >= 15 is 0 Å². The largest absolute Gasteiger partial charge is 0.448 e. The molecule has 3 atom stereocenters. The van der Waals surface area contributed by atoms with Crippen LogP contribution in [0.1, 0.15) is 37.3 Å². The molecule has 2 aromatic rings. The summed E-state index contributed by atoms with van der Waals surface area (Å²) in [6, 6.07) is 15.9. The number of methoxy groups -OCH3 is 1. The van der Waals surface area contributed by atoms with Gasteiger partial charge in [0.2, 0.25) is 6.36 Å². The van der Waals surface area contributed by atoms with Crippen LogP contribution in [0.5, 0.6) is 0 Å². The van der Waals surface area contributed by atoms with Crippen molar-refractivity contribution < 1.29 is 23.4 Å². The summed E-state index contributed by atoms with van der Waals surface area (Å²) in [5.74, 6) is -0.00795. The highest BCUT2D eigenvalue weighted by molar-refractivity contribution is 5.79. The predicted molar refractivity (Wildman–Crippen MR) is 112 cm³/mol. The topological polar surface area (TPSA) is 48.0 Å². The van der Waals surface area contributed by atoms with E-state index in [4.69, 9.17) is 14.2 Å². The smallest absolute Gasteiger partial charge is 0.410 e. The maximum Gasteiger partial charge on any atom is 0.410 e. The first-order chi connectivity index (χ1) is 14.5. The van der Waals surface area contributed by atoms with Gasteiger partial charge in [0.1, 0.15) is 6.61 Å². The van der Waals surface area contributed by atoms with Gasteiger partial charge in [0.05, 0.1) is 18.8 Å². The highest BCUT2D eigenvalue weighted by atomic mass is 19.1. The number of rotatable bonds is 5. The van der Waals surface area contributed by atoms with Gasteiger partial charge >= 0.3 is 6.09 Å². The predicted octanol–water partition coefficient (Wildman–Crippen LogP) is 4.75. The van der Waals surface area contributed by atoms with E-state index < -0.39 is 24.6 Å². The molecule has 0 bridgehead atoms. The first kappa shape index (κ1) is 20.8. The number of carbonyl (C=O) groups excluding carboxylic acids is 1. The van der Waals surface area contributed by atoms with Crippen molar-refractivity contribution >= 4 is 6.09 Å². The van der Waals surface area contributed by atoms with E-state index in [0.29, 0.717) is 0 Å². The van der Waals surface area contributed by atoms with Gasteiger partial charge in [-0.05, 0) is 36.1 Å². The summed E-state index contributed by atoms with van der Waals surface area (Å²) in [7, 11) is 1.53. The first-order valence-electron chi connectivity index (χ1n) is 10.4. The number of halogens is 1. The molecule has 2 aliphatic rings. The number of nitrogens with zero attached hydrogens (tertiary/aromatic N) is 1. The van der Waals surface area contributed by atoms with Gasteiger partial charge in [-0.15, -0.1) is 0 Å². The molecule has 6 heteroatoms. The molecule has 1 aliphatic heterocycles. The minimum absolute atomic E-state index is 0.00795. The monoisotopic (exact) mass is 413 g/mol. The highest BCUT2D eigenvalue weighted by Crippen LogP contribution is 2.44. The average molecular weight is 413 g/mol. The molecule has 0 saturated carbocycles. The van der Waals surface area contributed by atoms with Crippen LogP contribution in [0.4, 0.5) is 9.18 Å². The lowest BCUT2D eigenvalue weighted by Gasteiger charge is -2.41. The molecule has 1 saturated heterocycles. The van der Waals surface area contributed by atoms with Crippen LogP contribution in [0.25, 0.3) is 11.1 Å². The molecule has 160 valence electrons. The van der Waals surface area contributed by atoms with Crippen molar-refractivity contribution in [3.63, 3.8) is 0 Å². The standard InChI is InChI=1S/C24H28FNO4/c1-15(2)26(21-14-29-23(25)12-22(21)28-3)24(27)30-13-20-18-10-6-4-8-16(18)17-9-5-7-11-19(17)20/h4-11,15,20-23H,12-14H2,1-3H3/t21-,22-,23?/m0/s1. The summed E-state index contributed by atoms with van der Waals surface area (Å²) in [5.41, 5.74) is 4.70. The highest BCUT2D eigenvalue weighted by Gasteiger charge is 2.40. The quantitative estimate of drug-likeness (QED) is 0.710. The molecule has 0 spiro atoms. The van der Waals surface area contributed by atoms with E-state index in [0.717, 1.165) is 0 Å². The zero-order valence-corrected chi connectivity index (χ0v) is 17.6. The second kappa shape index (κ2) is 8.74. The Labute approximate surface area is 176 Å². The van der Waals surface area contributed by atoms with E-state index in [9.17, 15) is 9.18 Å². The number of fused-ring (bicyclic) bond motifs is 3. The Morgan fingerprint density at radius 1 is 1.13 bits per heavy atom. The third-order valence-electron chi connectivity index (χ3n) is 6.06. The molecule has 1 unspecified atom stereocenters. The number of ether oxygens (including phenoxy) is 3. The molecule has 1 amide bonds. The average Bonchev–Trinajstić information content (AvgIpc) is 3.07. The van der Waals surface area contributed by atoms with Gasteiger partial charge in [0.15, 0.2) is 0 Å². The van der Waals surface area contributed by atoms with Crippen LogP contribution in [0.3, 0.4) is 0 Å². The Morgan fingerprint density at radius 3 is 2.30 bits per heavy atom. The van der Waals surface area contributed by atoms with Crippen LogP contribution in [-0.2, 0) is 14.2 Å². The van der Waals surface area contributed by atoms with Crippen molar-refractivity contribution in [3.8, 4) is 11.1 Å². The molecule has 0 N–H and O–H groups in total. The zero-order valence-electron chi connectivity index (χ0n) is 17.6. The number of alkyl halides is 1. The number of amides is 1. The summed E-state index contributed by atoms with van der Waals surface area (Å²) in [5, 5.41) is 0. The van der Waals surface area contributed by atoms with Gasteiger partial charge in [-0.1, -0.05) is 48.5 Å². The summed E-state index contributed by atoms with van der Waals surface area (Å²) in [4.78, 5) is 14.7. The van der Waals surface area contributed by atoms with Crippen molar-refractivity contribution in [3.05, 3.63) is 59.7 Å². The summed E-state index contributed by atoms with van der Waals surface area (Å²) in [6.45, 7) is 4.15. The number of hydrogen-bond donors (Lipinski definition) is 0. The molecule has 5 nitrogen and oxygen atoms in total. The Balaban J connectivity index is 1.52. The molecule has 1 heterocycles. The SMILES string of the molecule is CO[C@H]1CC(F)OC[C@@H]1N(C(=O)OCC1c2ccccc2-c2ccccc21)C(C)C. The van der Waals surface area contributed by atoms with Gasteiger partial charge < -0.3 is 14.2 Å². The van der Waals surface area contributed by atoms with Gasteiger partial charge in [-0.3, -0.25) is 4.90 Å². The molecule has 1 fully saturated rings. The van der Waals surface area contributed by atoms with Crippen molar-refractivity contribution in [2.45, 2.75) is 50.7 Å². The Hall–Kier alpha value is -2.44. The van der Waals surface area contributed by atoms with Crippen LogP contribution in [0, 0.1) is 0 Å². The lowest BCUT2D eigenvalue weighted by molar-refractivity contribution is -0.154. The van der Waals surface area contributed by atoms with Crippen LogP contribution in [0.15, 0.2) is 48.5 Å². The molecule has 4 rings (SSSR count). The third-order valence-corrected chi connectivity index (χ3v) is 6.06. The van der Waals surface area contributed by atoms with Crippen molar-refractivity contribution in [1.29, 1.82) is 0 Å². The molecule has 2 aromatic carbocycles. The fourth-order valence-electron chi connectivity index (χ4n) is 4.63. The van der Waals surface area contributed by atoms with Crippen LogP contribution >= 0.6 is 0 Å². The van der Waals surface area contributed by atoms with Gasteiger partial charge in [-0.2, -0.15) is 0 Å². The van der Waals surface area contributed by atoms with Crippen molar-refractivity contribution in [2.24, 2.45) is 0 Å². The van der Waals surface area contributed by atoms with Gasteiger partial charge in [0.25, 0.3) is 0 Å². The molecule has 1 aliphatic carbocycles. The number of benzene rings is 2. The second-order valence-electron chi connectivity index (χ2n) is 8.13. The fourth-order valence-corrected chi connectivity index (χ4v) is 4.63. The Kier molecular flexibility index (Phi) is 6.06. The Morgan fingerprint density at radius 2 is 1.73 bits per heavy atom. The fraction of sp³-hybridized carbons (Fsp3) is 0.458. The molecular weight excluding hydrogens is 385 g/mol. The van der Waals surface area contributed by atoms with Gasteiger partial charge in [0, 0.05) is 25.5 Å². The normalized spacial score (nSPS) is 23.2. The van der Waals surface area contributed by atoms with Crippen LogP contribution < -0.4 is 0 Å². The molecule has 0 aromatic heterocycles. The van der Waals surface area contributed by atoms with E-state index in [2.05, 4.69) is 24.3 Å². The van der Waals surface area contributed by atoms with Crippen molar-refractivity contribution in [1.82, 2.24) is 4.90 Å². The number of carbonyl (C=O) groups is 1. The maximum absolute atomic E-state index is 13.7. The molecule has 30 heavy (non-hydrogen) atoms. The summed E-state index contributed by atoms with van der Waals surface area (Å²) < 4.78 is 30.1. The van der Waals surface area contributed by atoms with E-state index in [1.807, 2.05) is 38.1 Å². The molecule has 0 radical (unpaired) electrons. The van der Waals surface area contributed by atoms with Crippen LogP contribution in [0.2, 0.25) is 0 Å². The van der Waals surface area contributed by atoms with E-state index in [1.165, 1.54) is 29.4 Å². The lowest BCUT2D eigenvalue weighted by Crippen LogP contribution is -2.56. The Bertz CT molecular complexity index is 857. The molecular formula is C24H28FNO4. The third kappa shape index (κ3) is 3.82. The van der Waals surface area contributed by atoms with E-state index in [1.54, 1.807) is 4.90 Å². The second-order valence-corrected chi connectivity index (χ2v) is 8.13. The number of hydrogen-bond acceptors (Lipinski definition) is 4. The summed E-state index contributed by atoms with van der Waals surface area (Å²) >= 11 is 0. The first-order valence-corrected chi connectivity index (χ1v) is 10.4. The maximum atomic E-state index is 13.7. The minimum Gasteiger partial charge on any atom is -0.448 e. The lowest BCUT2D eigenvalue weighted by atomic mass is 9.98. The minimum atomic E-state index is -1.37.